The standard InChI is InChI=1S/C20H35NO/c1-2-3-4-5-6-7-8-9-11-14-19(21)17-18-22-20-15-12-10-13-16-20/h10,12-13,15-16,19H,2-9,11,14,17-18,21H2,1H3. The van der Waals surface area contributed by atoms with Crippen LogP contribution in [0, 0.1) is 0 Å². The van der Waals surface area contributed by atoms with Gasteiger partial charge < -0.3 is 10.5 Å². The van der Waals surface area contributed by atoms with Crippen molar-refractivity contribution in [3.63, 3.8) is 0 Å². The highest BCUT2D eigenvalue weighted by atomic mass is 16.5. The average molecular weight is 306 g/mol. The zero-order valence-electron chi connectivity index (χ0n) is 14.4. The van der Waals surface area contributed by atoms with Crippen LogP contribution in [0.15, 0.2) is 30.3 Å². The topological polar surface area (TPSA) is 35.2 Å². The highest BCUT2D eigenvalue weighted by Gasteiger charge is 2.03. The first-order chi connectivity index (χ1) is 10.8. The van der Waals surface area contributed by atoms with E-state index in [9.17, 15) is 0 Å². The predicted octanol–water partition coefficient (Wildman–Crippen LogP) is 5.70. The highest BCUT2D eigenvalue weighted by molar-refractivity contribution is 5.20. The fourth-order valence-electron chi connectivity index (χ4n) is 2.71. The SMILES string of the molecule is CCCCCCCCCCCC(N)CCOc1ccccc1. The molecule has 0 radical (unpaired) electrons. The maximum absolute atomic E-state index is 6.15. The molecule has 2 heteroatoms. The van der Waals surface area contributed by atoms with Crippen molar-refractivity contribution in [2.45, 2.75) is 83.6 Å². The number of para-hydroxylation sites is 1. The largest absolute Gasteiger partial charge is 0.494 e. The number of hydrogen-bond donors (Lipinski definition) is 1. The summed E-state index contributed by atoms with van der Waals surface area (Å²) in [7, 11) is 0. The van der Waals surface area contributed by atoms with Crippen LogP contribution in [-0.4, -0.2) is 12.6 Å². The van der Waals surface area contributed by atoms with Gasteiger partial charge in [-0.2, -0.15) is 0 Å². The van der Waals surface area contributed by atoms with Crippen LogP contribution in [0.2, 0.25) is 0 Å². The molecule has 1 aromatic rings. The van der Waals surface area contributed by atoms with Crippen LogP contribution in [-0.2, 0) is 0 Å². The molecule has 0 aliphatic carbocycles. The van der Waals surface area contributed by atoms with Crippen molar-refractivity contribution in [2.24, 2.45) is 5.73 Å². The summed E-state index contributed by atoms with van der Waals surface area (Å²) in [6, 6.07) is 10.3. The Kier molecular flexibility index (Phi) is 11.8. The molecule has 126 valence electrons. The molecule has 2 N–H and O–H groups in total. The van der Waals surface area contributed by atoms with E-state index < -0.39 is 0 Å². The van der Waals surface area contributed by atoms with E-state index in [1.807, 2.05) is 30.3 Å². The van der Waals surface area contributed by atoms with Crippen molar-refractivity contribution < 1.29 is 4.74 Å². The third kappa shape index (κ3) is 10.7. The van der Waals surface area contributed by atoms with Crippen LogP contribution in [0.1, 0.15) is 77.6 Å². The van der Waals surface area contributed by atoms with Crippen LogP contribution in [0.3, 0.4) is 0 Å². The van der Waals surface area contributed by atoms with E-state index in [1.54, 1.807) is 0 Å². The smallest absolute Gasteiger partial charge is 0.119 e. The monoisotopic (exact) mass is 305 g/mol. The average Bonchev–Trinajstić information content (AvgIpc) is 2.54. The summed E-state index contributed by atoms with van der Waals surface area (Å²) >= 11 is 0. The second-order valence-electron chi connectivity index (χ2n) is 6.33. The summed E-state index contributed by atoms with van der Waals surface area (Å²) in [5.41, 5.74) is 6.15. The molecule has 22 heavy (non-hydrogen) atoms. The van der Waals surface area contributed by atoms with Crippen molar-refractivity contribution in [1.29, 1.82) is 0 Å². The van der Waals surface area contributed by atoms with E-state index >= 15 is 0 Å². The molecule has 1 atom stereocenters. The number of nitrogens with two attached hydrogens (primary N) is 1. The summed E-state index contributed by atoms with van der Waals surface area (Å²) in [4.78, 5) is 0. The van der Waals surface area contributed by atoms with Gasteiger partial charge in [0.1, 0.15) is 5.75 Å². The zero-order chi connectivity index (χ0) is 15.9. The van der Waals surface area contributed by atoms with Crippen LogP contribution in [0.5, 0.6) is 5.75 Å². The number of unbranched alkanes of at least 4 members (excludes halogenated alkanes) is 8. The molecule has 0 heterocycles. The van der Waals surface area contributed by atoms with E-state index in [0.717, 1.165) is 25.2 Å². The molecular weight excluding hydrogens is 270 g/mol. The van der Waals surface area contributed by atoms with E-state index in [-0.39, 0.29) is 6.04 Å². The van der Waals surface area contributed by atoms with E-state index in [0.29, 0.717) is 0 Å². The minimum Gasteiger partial charge on any atom is -0.494 e. The third-order valence-electron chi connectivity index (χ3n) is 4.18. The molecule has 1 rings (SSSR count). The Morgan fingerprint density at radius 2 is 1.41 bits per heavy atom. The Labute approximate surface area is 137 Å². The molecule has 0 aliphatic rings. The van der Waals surface area contributed by atoms with Gasteiger partial charge in [0.05, 0.1) is 6.61 Å². The predicted molar refractivity (Wildman–Crippen MR) is 96.4 cm³/mol. The van der Waals surface area contributed by atoms with Crippen molar-refractivity contribution in [3.05, 3.63) is 30.3 Å². The minimum absolute atomic E-state index is 0.285. The lowest BCUT2D eigenvalue weighted by molar-refractivity contribution is 0.293. The van der Waals surface area contributed by atoms with E-state index in [4.69, 9.17) is 10.5 Å². The van der Waals surface area contributed by atoms with Gasteiger partial charge in [-0.15, -0.1) is 0 Å². The Balaban J connectivity index is 1.86. The molecule has 1 aromatic carbocycles. The Hall–Kier alpha value is -1.02. The molecular formula is C20H35NO. The minimum atomic E-state index is 0.285. The number of ether oxygens (including phenoxy) is 1. The second kappa shape index (κ2) is 13.6. The number of rotatable bonds is 14. The zero-order valence-corrected chi connectivity index (χ0v) is 14.4. The number of hydrogen-bond acceptors (Lipinski definition) is 2. The quantitative estimate of drug-likeness (QED) is 0.447. The van der Waals surface area contributed by atoms with E-state index in [1.165, 1.54) is 57.8 Å². The molecule has 0 amide bonds. The van der Waals surface area contributed by atoms with Gasteiger partial charge in [0.25, 0.3) is 0 Å². The normalized spacial score (nSPS) is 12.3. The van der Waals surface area contributed by atoms with Crippen molar-refractivity contribution in [3.8, 4) is 5.75 Å². The summed E-state index contributed by atoms with van der Waals surface area (Å²) < 4.78 is 5.69. The lowest BCUT2D eigenvalue weighted by Crippen LogP contribution is -2.22. The van der Waals surface area contributed by atoms with Gasteiger partial charge in [-0.25, -0.2) is 0 Å². The fraction of sp³-hybridized carbons (Fsp3) is 0.700. The van der Waals surface area contributed by atoms with Crippen LogP contribution in [0.4, 0.5) is 0 Å². The highest BCUT2D eigenvalue weighted by Crippen LogP contribution is 2.12. The molecule has 1 unspecified atom stereocenters. The van der Waals surface area contributed by atoms with Crippen molar-refractivity contribution in [2.75, 3.05) is 6.61 Å². The molecule has 0 bridgehead atoms. The summed E-state index contributed by atoms with van der Waals surface area (Å²) in [6.45, 7) is 3.00. The lowest BCUT2D eigenvalue weighted by Gasteiger charge is -2.12. The Morgan fingerprint density at radius 1 is 0.818 bits per heavy atom. The molecule has 0 spiro atoms. The first kappa shape index (κ1) is 19.0. The summed E-state index contributed by atoms with van der Waals surface area (Å²) in [5, 5.41) is 0. The van der Waals surface area contributed by atoms with Gasteiger partial charge in [0.15, 0.2) is 0 Å². The van der Waals surface area contributed by atoms with Gasteiger partial charge >= 0.3 is 0 Å². The van der Waals surface area contributed by atoms with Gasteiger partial charge in [-0.3, -0.25) is 0 Å². The van der Waals surface area contributed by atoms with Gasteiger partial charge in [0, 0.05) is 6.04 Å². The lowest BCUT2D eigenvalue weighted by atomic mass is 10.0. The van der Waals surface area contributed by atoms with Crippen LogP contribution in [0.25, 0.3) is 0 Å². The number of benzene rings is 1. The summed E-state index contributed by atoms with van der Waals surface area (Å²) in [6.07, 6.45) is 14.5. The van der Waals surface area contributed by atoms with Crippen LogP contribution < -0.4 is 10.5 Å². The van der Waals surface area contributed by atoms with Gasteiger partial charge in [0.2, 0.25) is 0 Å². The van der Waals surface area contributed by atoms with Crippen LogP contribution >= 0.6 is 0 Å². The maximum Gasteiger partial charge on any atom is 0.119 e. The van der Waals surface area contributed by atoms with Crippen molar-refractivity contribution in [1.82, 2.24) is 0 Å². The Morgan fingerprint density at radius 3 is 2.05 bits per heavy atom. The fourth-order valence-corrected chi connectivity index (χ4v) is 2.71. The van der Waals surface area contributed by atoms with Crippen molar-refractivity contribution >= 4 is 0 Å². The van der Waals surface area contributed by atoms with Gasteiger partial charge in [-0.1, -0.05) is 82.9 Å². The second-order valence-corrected chi connectivity index (χ2v) is 6.33. The summed E-state index contributed by atoms with van der Waals surface area (Å²) in [5.74, 6) is 0.942. The maximum atomic E-state index is 6.15. The van der Waals surface area contributed by atoms with Gasteiger partial charge in [-0.05, 0) is 25.0 Å². The first-order valence-corrected chi connectivity index (χ1v) is 9.26. The molecule has 0 fully saturated rings. The third-order valence-corrected chi connectivity index (χ3v) is 4.18. The Bertz CT molecular complexity index is 339. The van der Waals surface area contributed by atoms with E-state index in [2.05, 4.69) is 6.92 Å². The first-order valence-electron chi connectivity index (χ1n) is 9.26. The molecule has 2 nitrogen and oxygen atoms in total. The molecule has 0 aromatic heterocycles. The molecule has 0 saturated carbocycles. The molecule has 0 saturated heterocycles. The molecule has 0 aliphatic heterocycles.